The highest BCUT2D eigenvalue weighted by Crippen LogP contribution is 2.37. The molecule has 0 radical (unpaired) electrons. The first kappa shape index (κ1) is 31.7. The molecule has 10 nitrogen and oxygen atoms in total. The lowest BCUT2D eigenvalue weighted by Gasteiger charge is -2.29. The molecule has 1 aromatic heterocycles. The number of carbonyl (C=O) groups is 2. The maximum Gasteiger partial charge on any atom is 0.410 e. The average molecular weight is 646 g/mol. The van der Waals surface area contributed by atoms with Gasteiger partial charge in [-0.3, -0.25) is 4.79 Å². The molecule has 1 atom stereocenters. The number of ether oxygens (including phenoxy) is 2. The zero-order chi connectivity index (χ0) is 31.6. The lowest BCUT2D eigenvalue weighted by atomic mass is 10.1. The predicted molar refractivity (Wildman–Crippen MR) is 169 cm³/mol. The van der Waals surface area contributed by atoms with Crippen molar-refractivity contribution in [1.82, 2.24) is 14.9 Å². The monoisotopic (exact) mass is 644 g/mol. The molecular formula is C31H35Cl2FN6O4. The Kier molecular flexibility index (Phi) is 9.48. The smallest absolute Gasteiger partial charge is 0.410 e. The number of halogens is 3. The highest BCUT2D eigenvalue weighted by atomic mass is 35.5. The molecule has 5 rings (SSSR count). The van der Waals surface area contributed by atoms with Gasteiger partial charge in [0.2, 0.25) is 5.95 Å². The largest absolute Gasteiger partial charge is 0.444 e. The van der Waals surface area contributed by atoms with Gasteiger partial charge in [-0.25, -0.2) is 19.2 Å². The number of carbonyl (C=O) groups excluding carboxylic acids is 2. The van der Waals surface area contributed by atoms with E-state index in [1.54, 1.807) is 30.4 Å². The van der Waals surface area contributed by atoms with Crippen molar-refractivity contribution in [3.63, 3.8) is 0 Å². The summed E-state index contributed by atoms with van der Waals surface area (Å²) in [7, 11) is 1.69. The van der Waals surface area contributed by atoms with Crippen molar-refractivity contribution < 1.29 is 23.5 Å². The predicted octanol–water partition coefficient (Wildman–Crippen LogP) is 6.12. The van der Waals surface area contributed by atoms with E-state index in [-0.39, 0.29) is 17.2 Å². The van der Waals surface area contributed by atoms with Crippen molar-refractivity contribution in [2.24, 2.45) is 0 Å². The minimum atomic E-state index is -0.632. The van der Waals surface area contributed by atoms with E-state index in [0.29, 0.717) is 78.7 Å². The Morgan fingerprint density at radius 1 is 1.02 bits per heavy atom. The Bertz CT molecular complexity index is 1510. The number of nitrogens with one attached hydrogen (secondary N) is 1. The zero-order valence-corrected chi connectivity index (χ0v) is 26.6. The normalized spacial score (nSPS) is 17.0. The fourth-order valence-corrected chi connectivity index (χ4v) is 5.70. The van der Waals surface area contributed by atoms with Crippen LogP contribution in [0.25, 0.3) is 11.1 Å². The Hall–Kier alpha value is -3.67. The molecule has 0 saturated carbocycles. The molecule has 2 amide bonds. The van der Waals surface area contributed by atoms with Gasteiger partial charge in [-0.1, -0.05) is 23.2 Å². The van der Waals surface area contributed by atoms with Crippen molar-refractivity contribution in [2.75, 3.05) is 61.6 Å². The third-order valence-corrected chi connectivity index (χ3v) is 7.87. The van der Waals surface area contributed by atoms with E-state index in [2.05, 4.69) is 15.3 Å². The van der Waals surface area contributed by atoms with Crippen molar-refractivity contribution in [3.8, 4) is 11.1 Å². The summed E-state index contributed by atoms with van der Waals surface area (Å²) in [6.45, 7) is 8.91. The first-order chi connectivity index (χ1) is 20.9. The second kappa shape index (κ2) is 13.1. The van der Waals surface area contributed by atoms with Gasteiger partial charge < -0.3 is 29.5 Å². The number of likely N-dealkylation sites (N-methyl/N-ethyl adjacent to an activating group) is 1. The van der Waals surface area contributed by atoms with Crippen molar-refractivity contribution in [2.45, 2.75) is 38.8 Å². The van der Waals surface area contributed by atoms with Gasteiger partial charge in [0.05, 0.1) is 30.6 Å². The number of morpholine rings is 1. The molecule has 0 aliphatic carbocycles. The van der Waals surface area contributed by atoms with Gasteiger partial charge in [0.25, 0.3) is 5.91 Å². The number of hydrogen-bond donors (Lipinski definition) is 1. The maximum atomic E-state index is 15.8. The molecule has 2 aromatic carbocycles. The quantitative estimate of drug-likeness (QED) is 0.342. The molecule has 0 bridgehead atoms. The summed E-state index contributed by atoms with van der Waals surface area (Å²) in [6.07, 6.45) is 3.34. The van der Waals surface area contributed by atoms with E-state index in [4.69, 9.17) is 32.7 Å². The molecule has 1 unspecified atom stereocenters. The Balaban J connectivity index is 1.45. The molecule has 234 valence electrons. The second-order valence-corrected chi connectivity index (χ2v) is 12.7. The first-order valence-electron chi connectivity index (χ1n) is 14.3. The first-order valence-corrected chi connectivity index (χ1v) is 15.1. The second-order valence-electron chi connectivity index (χ2n) is 11.8. The van der Waals surface area contributed by atoms with Crippen LogP contribution in [0.15, 0.2) is 42.7 Å². The number of benzene rings is 2. The van der Waals surface area contributed by atoms with Crippen molar-refractivity contribution in [1.29, 1.82) is 0 Å². The van der Waals surface area contributed by atoms with Gasteiger partial charge in [-0.05, 0) is 57.5 Å². The molecule has 2 aliphatic heterocycles. The van der Waals surface area contributed by atoms with Gasteiger partial charge in [0.15, 0.2) is 0 Å². The van der Waals surface area contributed by atoms with E-state index in [1.807, 2.05) is 30.6 Å². The van der Waals surface area contributed by atoms with Crippen LogP contribution in [0.5, 0.6) is 0 Å². The molecule has 1 N–H and O–H groups in total. The molecule has 2 aliphatic rings. The molecule has 0 spiro atoms. The summed E-state index contributed by atoms with van der Waals surface area (Å²) in [6, 6.07) is 7.34. The Morgan fingerprint density at radius 3 is 2.32 bits per heavy atom. The number of nitrogens with zero attached hydrogens (tertiary/aromatic N) is 5. The lowest BCUT2D eigenvalue weighted by Crippen LogP contribution is -2.42. The number of hydrogen-bond acceptors (Lipinski definition) is 8. The minimum absolute atomic E-state index is 0.177. The van der Waals surface area contributed by atoms with Crippen LogP contribution in [-0.2, 0) is 9.47 Å². The molecule has 2 fully saturated rings. The van der Waals surface area contributed by atoms with Crippen LogP contribution in [0, 0.1) is 5.82 Å². The van der Waals surface area contributed by atoms with E-state index in [1.165, 1.54) is 24.3 Å². The Labute approximate surface area is 266 Å². The van der Waals surface area contributed by atoms with Crippen LogP contribution in [-0.4, -0.2) is 85.0 Å². The van der Waals surface area contributed by atoms with Crippen LogP contribution in [0.4, 0.5) is 26.5 Å². The zero-order valence-electron chi connectivity index (χ0n) is 25.1. The summed E-state index contributed by atoms with van der Waals surface area (Å²) in [5.74, 6) is -0.429. The van der Waals surface area contributed by atoms with Gasteiger partial charge in [0.1, 0.15) is 11.4 Å². The Morgan fingerprint density at radius 2 is 1.68 bits per heavy atom. The SMILES string of the molecule is CN(C(=O)OC(C)(C)C)C1CCN(c2cc(F)c(-c3cnc(N4CCOCC4)nc3)cc2NC(=O)c2cc(Cl)cc(Cl)c2)C1. The summed E-state index contributed by atoms with van der Waals surface area (Å²) >= 11 is 12.3. The molecule has 13 heteroatoms. The highest BCUT2D eigenvalue weighted by molar-refractivity contribution is 6.35. The van der Waals surface area contributed by atoms with Gasteiger partial charge in [0, 0.05) is 72.4 Å². The van der Waals surface area contributed by atoms with E-state index in [0.717, 1.165) is 0 Å². The number of aromatic nitrogens is 2. The maximum absolute atomic E-state index is 15.8. The number of anilines is 3. The molecule has 44 heavy (non-hydrogen) atoms. The van der Waals surface area contributed by atoms with E-state index < -0.39 is 23.4 Å². The van der Waals surface area contributed by atoms with Gasteiger partial charge >= 0.3 is 6.09 Å². The molecule has 3 aromatic rings. The summed E-state index contributed by atoms with van der Waals surface area (Å²) < 4.78 is 26.8. The van der Waals surface area contributed by atoms with Crippen LogP contribution in [0.1, 0.15) is 37.6 Å². The molecular weight excluding hydrogens is 610 g/mol. The van der Waals surface area contributed by atoms with Crippen molar-refractivity contribution >= 4 is 52.5 Å². The minimum Gasteiger partial charge on any atom is -0.444 e. The third-order valence-electron chi connectivity index (χ3n) is 7.43. The van der Waals surface area contributed by atoms with Crippen LogP contribution >= 0.6 is 23.2 Å². The van der Waals surface area contributed by atoms with E-state index in [9.17, 15) is 9.59 Å². The number of rotatable bonds is 6. The van der Waals surface area contributed by atoms with Crippen LogP contribution in [0.3, 0.4) is 0 Å². The summed E-state index contributed by atoms with van der Waals surface area (Å²) in [5, 5.41) is 3.55. The highest BCUT2D eigenvalue weighted by Gasteiger charge is 2.33. The average Bonchev–Trinajstić information content (AvgIpc) is 3.47. The van der Waals surface area contributed by atoms with Gasteiger partial charge in [-0.2, -0.15) is 0 Å². The number of amides is 2. The van der Waals surface area contributed by atoms with Gasteiger partial charge in [-0.15, -0.1) is 0 Å². The molecule has 3 heterocycles. The lowest BCUT2D eigenvalue weighted by molar-refractivity contribution is 0.0237. The summed E-state index contributed by atoms with van der Waals surface area (Å²) in [5.41, 5.74) is 1.15. The fourth-order valence-electron chi connectivity index (χ4n) is 5.17. The van der Waals surface area contributed by atoms with Crippen molar-refractivity contribution in [3.05, 3.63) is 64.2 Å². The molecule has 2 saturated heterocycles. The standard InChI is InChI=1S/C31H35Cl2FN6O4/c1-31(2,3)44-30(42)38(4)23-5-6-40(18-23)27-15-25(34)24(20-16-35-29(36-17-20)39-7-9-43-10-8-39)14-26(27)37-28(41)19-11-21(32)13-22(33)12-19/h11-17,23H,5-10,18H2,1-4H3,(H,37,41). The topological polar surface area (TPSA) is 100 Å². The summed E-state index contributed by atoms with van der Waals surface area (Å²) in [4.78, 5) is 40.5. The third kappa shape index (κ3) is 7.51. The fraction of sp³-hybridized carbons (Fsp3) is 0.419. The van der Waals surface area contributed by atoms with E-state index >= 15 is 4.39 Å². The van der Waals surface area contributed by atoms with Crippen LogP contribution < -0.4 is 15.1 Å². The van der Waals surface area contributed by atoms with Crippen LogP contribution in [0.2, 0.25) is 10.0 Å².